The van der Waals surface area contributed by atoms with Crippen molar-refractivity contribution in [3.63, 3.8) is 0 Å². The van der Waals surface area contributed by atoms with Crippen LogP contribution in [-0.2, 0) is 6.42 Å². The van der Waals surface area contributed by atoms with E-state index in [1.807, 2.05) is 13.0 Å². The molecular weight excluding hydrogens is 611 g/mol. The molecule has 8 nitrogen and oxygen atoms in total. The topological polar surface area (TPSA) is 120 Å². The van der Waals surface area contributed by atoms with E-state index >= 15 is 4.39 Å². The van der Waals surface area contributed by atoms with Crippen molar-refractivity contribution < 1.29 is 8.78 Å². The molecule has 1 unspecified atom stereocenters. The summed E-state index contributed by atoms with van der Waals surface area (Å²) in [4.78, 5) is 15.0. The number of hydrogen-bond donors (Lipinski definition) is 3. The number of fused-ring (bicyclic) bond motifs is 3. The van der Waals surface area contributed by atoms with Gasteiger partial charge in [0.2, 0.25) is 0 Å². The number of rotatable bonds is 8. The van der Waals surface area contributed by atoms with Crippen LogP contribution >= 0.6 is 23.5 Å². The zero-order chi connectivity index (χ0) is 31.3. The minimum Gasteiger partial charge on any atom is -0.389 e. The predicted octanol–water partition coefficient (Wildman–Crippen LogP) is 6.44. The van der Waals surface area contributed by atoms with Gasteiger partial charge in [0.15, 0.2) is 5.82 Å². The largest absolute Gasteiger partial charge is 0.389 e. The number of benzene rings is 2. The third-order valence-electron chi connectivity index (χ3n) is 10.3. The van der Waals surface area contributed by atoms with Gasteiger partial charge < -0.3 is 10.6 Å². The summed E-state index contributed by atoms with van der Waals surface area (Å²) in [5.41, 5.74) is 8.19. The van der Waals surface area contributed by atoms with Gasteiger partial charge in [-0.25, -0.2) is 18.7 Å². The van der Waals surface area contributed by atoms with Crippen LogP contribution in [0.4, 0.5) is 19.6 Å². The summed E-state index contributed by atoms with van der Waals surface area (Å²) in [6.45, 7) is 6.55. The summed E-state index contributed by atoms with van der Waals surface area (Å²) in [6.07, 6.45) is 8.53. The number of nitrogens with one attached hydrogen (secondary N) is 1. The lowest BCUT2D eigenvalue weighted by Crippen LogP contribution is -2.40. The van der Waals surface area contributed by atoms with Crippen LogP contribution in [0.1, 0.15) is 61.9 Å². The number of anilines is 2. The zero-order valence-corrected chi connectivity index (χ0v) is 27.1. The Morgan fingerprint density at radius 1 is 1.18 bits per heavy atom. The summed E-state index contributed by atoms with van der Waals surface area (Å²) in [6, 6.07) is 6.95. The van der Waals surface area contributed by atoms with E-state index in [9.17, 15) is 9.65 Å². The number of nitrogens with zero attached hydrogens (tertiary/aromatic N) is 5. The van der Waals surface area contributed by atoms with Crippen molar-refractivity contribution in [1.29, 1.82) is 5.26 Å². The van der Waals surface area contributed by atoms with Gasteiger partial charge in [0.25, 0.3) is 0 Å². The fourth-order valence-corrected chi connectivity index (χ4v) is 9.42. The van der Waals surface area contributed by atoms with Gasteiger partial charge in [0.05, 0.1) is 10.3 Å². The highest BCUT2D eigenvalue weighted by atomic mass is 32.2. The number of nitrogen functional groups attached to an aromatic ring is 1. The maximum Gasteiger partial charge on any atom is 0.157 e. The number of hydrogen-bond acceptors (Lipinski definition) is 10. The van der Waals surface area contributed by atoms with Crippen LogP contribution in [0.15, 0.2) is 18.2 Å². The summed E-state index contributed by atoms with van der Waals surface area (Å²) < 4.78 is 35.4. The van der Waals surface area contributed by atoms with Gasteiger partial charge >= 0.3 is 0 Å². The molecule has 5 heterocycles. The van der Waals surface area contributed by atoms with Crippen molar-refractivity contribution in [2.24, 2.45) is 11.1 Å². The molecule has 0 spiro atoms. The molecule has 0 radical (unpaired) electrons. The van der Waals surface area contributed by atoms with Crippen LogP contribution in [-0.4, -0.2) is 53.1 Å². The number of nitriles is 1. The molecule has 3 fully saturated rings. The van der Waals surface area contributed by atoms with Crippen molar-refractivity contribution in [3.05, 3.63) is 46.8 Å². The first-order valence-corrected chi connectivity index (χ1v) is 17.5. The van der Waals surface area contributed by atoms with Crippen molar-refractivity contribution in [2.75, 3.05) is 43.4 Å². The Hall–Kier alpha value is -3.08. The fourth-order valence-electron chi connectivity index (χ4n) is 8.14. The Kier molecular flexibility index (Phi) is 8.33. The molecular formula is C33H38F2N8S2. The highest BCUT2D eigenvalue weighted by Gasteiger charge is 2.43. The normalized spacial score (nSPS) is 19.9. The van der Waals surface area contributed by atoms with E-state index in [2.05, 4.69) is 20.6 Å². The van der Waals surface area contributed by atoms with E-state index in [1.165, 1.54) is 31.7 Å². The molecule has 2 aromatic carbocycles. The van der Waals surface area contributed by atoms with Crippen LogP contribution < -0.4 is 20.5 Å². The van der Waals surface area contributed by atoms with Crippen LogP contribution in [0.2, 0.25) is 0 Å². The van der Waals surface area contributed by atoms with Crippen molar-refractivity contribution >= 4 is 55.3 Å². The molecule has 3 saturated heterocycles. The Morgan fingerprint density at radius 2 is 1.98 bits per heavy atom. The molecule has 0 amide bonds. The van der Waals surface area contributed by atoms with Crippen molar-refractivity contribution in [3.8, 4) is 17.2 Å². The SMILES string of the molecule is Cc1cc2c(N3CCCC(CNSN)C3)nc(CCC34CCCN3CCC4)nc2c(F)c1-c1ccc(F)c2sc(N)c(C#N)c12. The standard InChI is InChI=1S/C33H38F2N8S2/c1-19-15-22-29(28(35)26(19)21-6-7-24(34)30-27(21)23(16-36)31(37)44-30)40-25(8-11-33-9-3-13-43(33)14-4-10-33)41-32(22)42-12-2-5-20(18-42)17-39-45-38/h6-7,15,20,39H,2-5,8-14,17-18,37-38H2,1H3. The Balaban J connectivity index is 1.37. The first-order valence-electron chi connectivity index (χ1n) is 15.8. The van der Waals surface area contributed by atoms with E-state index in [4.69, 9.17) is 20.8 Å². The molecule has 236 valence electrons. The number of piperidine rings is 1. The average Bonchev–Trinajstić information content (AvgIpc) is 3.72. The van der Waals surface area contributed by atoms with Crippen molar-refractivity contribution in [2.45, 2.75) is 63.8 Å². The smallest absolute Gasteiger partial charge is 0.157 e. The van der Waals surface area contributed by atoms with Crippen molar-refractivity contribution in [1.82, 2.24) is 19.6 Å². The molecule has 0 bridgehead atoms. The molecule has 4 aromatic rings. The van der Waals surface area contributed by atoms with Crippen LogP contribution in [0.3, 0.4) is 0 Å². The summed E-state index contributed by atoms with van der Waals surface area (Å²) in [5.74, 6) is 0.847. The molecule has 3 aliphatic heterocycles. The number of nitrogens with two attached hydrogens (primary N) is 2. The van der Waals surface area contributed by atoms with E-state index < -0.39 is 11.6 Å². The lowest BCUT2D eigenvalue weighted by molar-refractivity contribution is 0.182. The maximum absolute atomic E-state index is 17.1. The summed E-state index contributed by atoms with van der Waals surface area (Å²) >= 11 is 2.15. The van der Waals surface area contributed by atoms with Crippen LogP contribution in [0.5, 0.6) is 0 Å². The average molecular weight is 649 g/mol. The third kappa shape index (κ3) is 5.32. The van der Waals surface area contributed by atoms with Gasteiger partial charge in [0, 0.05) is 60.1 Å². The molecule has 0 aliphatic carbocycles. The second-order valence-electron chi connectivity index (χ2n) is 12.8. The lowest BCUT2D eigenvalue weighted by atomic mass is 9.88. The second-order valence-corrected chi connectivity index (χ2v) is 14.4. The minimum absolute atomic E-state index is 0.174. The third-order valence-corrected chi connectivity index (χ3v) is 11.6. The van der Waals surface area contributed by atoms with Crippen LogP contribution in [0.25, 0.3) is 32.1 Å². The quantitative estimate of drug-likeness (QED) is 0.185. The Bertz CT molecular complexity index is 1810. The van der Waals surface area contributed by atoms with Gasteiger partial charge in [-0.3, -0.25) is 14.8 Å². The van der Waals surface area contributed by atoms with Gasteiger partial charge in [-0.2, -0.15) is 5.26 Å². The highest BCUT2D eigenvalue weighted by Crippen LogP contribution is 2.45. The van der Waals surface area contributed by atoms with Crippen LogP contribution in [0, 0.1) is 35.8 Å². The number of thiophene rings is 1. The Labute approximate surface area is 270 Å². The van der Waals surface area contributed by atoms with E-state index in [0.29, 0.717) is 45.6 Å². The monoisotopic (exact) mass is 648 g/mol. The van der Waals surface area contributed by atoms with Gasteiger partial charge in [0.1, 0.15) is 34.0 Å². The highest BCUT2D eigenvalue weighted by molar-refractivity contribution is 7.95. The molecule has 3 aliphatic rings. The number of halogens is 2. The molecule has 1 atom stereocenters. The van der Waals surface area contributed by atoms with E-state index in [-0.39, 0.29) is 26.3 Å². The molecule has 5 N–H and O–H groups in total. The number of aromatic nitrogens is 2. The van der Waals surface area contributed by atoms with Gasteiger partial charge in [-0.1, -0.05) is 6.07 Å². The molecule has 2 aromatic heterocycles. The van der Waals surface area contributed by atoms with E-state index in [1.54, 1.807) is 6.07 Å². The lowest BCUT2D eigenvalue weighted by Gasteiger charge is -2.35. The first-order chi connectivity index (χ1) is 21.8. The van der Waals surface area contributed by atoms with Gasteiger partial charge in [-0.15, -0.1) is 11.3 Å². The molecule has 7 rings (SSSR count). The van der Waals surface area contributed by atoms with E-state index in [0.717, 1.165) is 81.3 Å². The molecule has 45 heavy (non-hydrogen) atoms. The summed E-state index contributed by atoms with van der Waals surface area (Å²) in [5, 5.41) is 16.8. The predicted molar refractivity (Wildman–Crippen MR) is 180 cm³/mol. The zero-order valence-electron chi connectivity index (χ0n) is 25.5. The van der Waals surface area contributed by atoms with Gasteiger partial charge in [-0.05, 0) is 94.1 Å². The molecule has 12 heteroatoms. The fraction of sp³-hybridized carbons (Fsp3) is 0.485. The summed E-state index contributed by atoms with van der Waals surface area (Å²) in [7, 11) is 0. The molecule has 0 saturated carbocycles. The number of aryl methyl sites for hydroxylation is 2. The Morgan fingerprint density at radius 3 is 2.73 bits per heavy atom. The maximum atomic E-state index is 17.1. The first kappa shape index (κ1) is 30.6. The minimum atomic E-state index is -0.480. The second kappa shape index (κ2) is 12.3.